The first-order chi connectivity index (χ1) is 9.72. The van der Waals surface area contributed by atoms with Crippen molar-refractivity contribution in [3.63, 3.8) is 0 Å². The lowest BCUT2D eigenvalue weighted by Crippen LogP contribution is -2.08. The summed E-state index contributed by atoms with van der Waals surface area (Å²) in [6, 6.07) is 16.9. The van der Waals surface area contributed by atoms with Crippen LogP contribution in [0.15, 0.2) is 61.2 Å². The van der Waals surface area contributed by atoms with Crippen molar-refractivity contribution in [3.8, 4) is 0 Å². The molecule has 0 aliphatic heterocycles. The molecule has 0 spiro atoms. The maximum absolute atomic E-state index is 11.8. The van der Waals surface area contributed by atoms with Gasteiger partial charge in [0.05, 0.1) is 12.2 Å². The molecule has 0 amide bonds. The monoisotopic (exact) mass is 268 g/mol. The van der Waals surface area contributed by atoms with Gasteiger partial charge in [-0.25, -0.2) is 4.79 Å². The number of rotatable bonds is 5. The Morgan fingerprint density at radius 3 is 2.35 bits per heavy atom. The summed E-state index contributed by atoms with van der Waals surface area (Å²) in [4.78, 5) is 11.8. The fourth-order valence-corrected chi connectivity index (χ4v) is 1.86. The SMILES string of the molecule is C=C(c1ccccc1)c1cccc(C(=O)OCCO)c1. The van der Waals surface area contributed by atoms with Crippen LogP contribution in [0.3, 0.4) is 0 Å². The number of aliphatic hydroxyl groups is 1. The van der Waals surface area contributed by atoms with Crippen molar-refractivity contribution < 1.29 is 14.6 Å². The molecule has 0 heterocycles. The molecule has 2 aromatic rings. The second-order valence-corrected chi connectivity index (χ2v) is 4.28. The number of ether oxygens (including phenoxy) is 1. The molecular formula is C17H16O3. The van der Waals surface area contributed by atoms with Crippen molar-refractivity contribution in [1.82, 2.24) is 0 Å². The lowest BCUT2D eigenvalue weighted by Gasteiger charge is -2.08. The average Bonchev–Trinajstić information content (AvgIpc) is 2.52. The van der Waals surface area contributed by atoms with Gasteiger partial charge in [-0.15, -0.1) is 0 Å². The maximum atomic E-state index is 11.8. The van der Waals surface area contributed by atoms with Crippen LogP contribution in [0.4, 0.5) is 0 Å². The third-order valence-electron chi connectivity index (χ3n) is 2.89. The molecule has 0 fully saturated rings. The summed E-state index contributed by atoms with van der Waals surface area (Å²) in [7, 11) is 0. The summed E-state index contributed by atoms with van der Waals surface area (Å²) in [6.45, 7) is 3.89. The highest BCUT2D eigenvalue weighted by molar-refractivity contribution is 5.91. The average molecular weight is 268 g/mol. The predicted molar refractivity (Wildman–Crippen MR) is 78.4 cm³/mol. The molecule has 0 saturated carbocycles. The van der Waals surface area contributed by atoms with Gasteiger partial charge in [-0.2, -0.15) is 0 Å². The van der Waals surface area contributed by atoms with Crippen LogP contribution in [0.25, 0.3) is 5.57 Å². The van der Waals surface area contributed by atoms with Gasteiger partial charge in [0.15, 0.2) is 0 Å². The lowest BCUT2D eigenvalue weighted by molar-refractivity contribution is 0.0433. The molecule has 0 radical (unpaired) electrons. The molecule has 0 saturated heterocycles. The Hall–Kier alpha value is -2.39. The zero-order valence-electron chi connectivity index (χ0n) is 11.1. The van der Waals surface area contributed by atoms with Gasteiger partial charge in [0.1, 0.15) is 6.61 Å². The fourth-order valence-electron chi connectivity index (χ4n) is 1.86. The minimum absolute atomic E-state index is 0.00267. The Balaban J connectivity index is 2.22. The largest absolute Gasteiger partial charge is 0.460 e. The standard InChI is InChI=1S/C17H16O3/c1-13(14-6-3-2-4-7-14)15-8-5-9-16(12-15)17(19)20-11-10-18/h2-9,12,18H,1,10-11H2. The van der Waals surface area contributed by atoms with Crippen molar-refractivity contribution in [2.45, 2.75) is 0 Å². The van der Waals surface area contributed by atoms with Crippen molar-refractivity contribution in [1.29, 1.82) is 0 Å². The molecule has 3 nitrogen and oxygen atoms in total. The first kappa shape index (κ1) is 14.0. The molecule has 1 N–H and O–H groups in total. The highest BCUT2D eigenvalue weighted by Gasteiger charge is 2.09. The lowest BCUT2D eigenvalue weighted by atomic mass is 9.98. The van der Waals surface area contributed by atoms with Crippen molar-refractivity contribution in [2.75, 3.05) is 13.2 Å². The van der Waals surface area contributed by atoms with Crippen LogP contribution < -0.4 is 0 Å². The highest BCUT2D eigenvalue weighted by Crippen LogP contribution is 2.22. The van der Waals surface area contributed by atoms with Crippen LogP contribution in [0.5, 0.6) is 0 Å². The van der Waals surface area contributed by atoms with Gasteiger partial charge in [-0.3, -0.25) is 0 Å². The molecule has 0 unspecified atom stereocenters. The van der Waals surface area contributed by atoms with Gasteiger partial charge < -0.3 is 9.84 Å². The summed E-state index contributed by atoms with van der Waals surface area (Å²) >= 11 is 0. The van der Waals surface area contributed by atoms with E-state index in [4.69, 9.17) is 9.84 Å². The summed E-state index contributed by atoms with van der Waals surface area (Å²) in [5.74, 6) is -0.443. The molecule has 20 heavy (non-hydrogen) atoms. The summed E-state index contributed by atoms with van der Waals surface area (Å²) in [5, 5.41) is 8.66. The molecule has 0 aromatic heterocycles. The van der Waals surface area contributed by atoms with Crippen LogP contribution in [0, 0.1) is 0 Å². The molecule has 0 aliphatic carbocycles. The van der Waals surface area contributed by atoms with Gasteiger partial charge in [-0.05, 0) is 28.8 Å². The predicted octanol–water partition coefficient (Wildman–Crippen LogP) is 2.90. The summed E-state index contributed by atoms with van der Waals surface area (Å²) < 4.78 is 4.90. The highest BCUT2D eigenvalue weighted by atomic mass is 16.5. The fraction of sp³-hybridized carbons (Fsp3) is 0.118. The van der Waals surface area contributed by atoms with Crippen LogP contribution in [-0.2, 0) is 4.74 Å². The first-order valence-electron chi connectivity index (χ1n) is 6.35. The number of benzene rings is 2. The van der Waals surface area contributed by atoms with E-state index in [1.54, 1.807) is 18.2 Å². The van der Waals surface area contributed by atoms with E-state index in [2.05, 4.69) is 6.58 Å². The van der Waals surface area contributed by atoms with E-state index < -0.39 is 5.97 Å². The van der Waals surface area contributed by atoms with E-state index >= 15 is 0 Å². The molecule has 0 aliphatic rings. The normalized spacial score (nSPS) is 10.1. The Morgan fingerprint density at radius 2 is 1.65 bits per heavy atom. The third kappa shape index (κ3) is 3.33. The molecule has 102 valence electrons. The third-order valence-corrected chi connectivity index (χ3v) is 2.89. The van der Waals surface area contributed by atoms with E-state index in [1.165, 1.54) is 0 Å². The molecular weight excluding hydrogens is 252 g/mol. The van der Waals surface area contributed by atoms with Crippen LogP contribution in [-0.4, -0.2) is 24.3 Å². The van der Waals surface area contributed by atoms with Gasteiger partial charge in [-0.1, -0.05) is 49.0 Å². The van der Waals surface area contributed by atoms with Crippen molar-refractivity contribution in [3.05, 3.63) is 77.9 Å². The van der Waals surface area contributed by atoms with E-state index in [1.807, 2.05) is 36.4 Å². The second kappa shape index (κ2) is 6.68. The Kier molecular flexibility index (Phi) is 4.69. The zero-order valence-corrected chi connectivity index (χ0v) is 11.1. The van der Waals surface area contributed by atoms with Gasteiger partial charge in [0, 0.05) is 0 Å². The van der Waals surface area contributed by atoms with Crippen molar-refractivity contribution in [2.24, 2.45) is 0 Å². The number of carbonyl (C=O) groups is 1. The Morgan fingerprint density at radius 1 is 1.00 bits per heavy atom. The van der Waals surface area contributed by atoms with E-state index in [0.717, 1.165) is 16.7 Å². The van der Waals surface area contributed by atoms with Crippen LogP contribution in [0.2, 0.25) is 0 Å². The quantitative estimate of drug-likeness (QED) is 0.848. The first-order valence-corrected chi connectivity index (χ1v) is 6.35. The van der Waals surface area contributed by atoms with Crippen molar-refractivity contribution >= 4 is 11.5 Å². The van der Waals surface area contributed by atoms with Gasteiger partial charge in [0.25, 0.3) is 0 Å². The minimum atomic E-state index is -0.443. The summed E-state index contributed by atoms with van der Waals surface area (Å²) in [6.07, 6.45) is 0. The van der Waals surface area contributed by atoms with Gasteiger partial charge >= 0.3 is 5.97 Å². The maximum Gasteiger partial charge on any atom is 0.338 e. The molecule has 2 rings (SSSR count). The number of hydrogen-bond donors (Lipinski definition) is 1. The van der Waals surface area contributed by atoms with Crippen LogP contribution in [0.1, 0.15) is 21.5 Å². The van der Waals surface area contributed by atoms with E-state index in [-0.39, 0.29) is 13.2 Å². The number of hydrogen-bond acceptors (Lipinski definition) is 3. The number of aliphatic hydroxyl groups excluding tert-OH is 1. The summed E-state index contributed by atoms with van der Waals surface area (Å²) in [5.41, 5.74) is 3.18. The second-order valence-electron chi connectivity index (χ2n) is 4.28. The Labute approximate surface area is 118 Å². The zero-order chi connectivity index (χ0) is 14.4. The van der Waals surface area contributed by atoms with E-state index in [0.29, 0.717) is 5.56 Å². The smallest absolute Gasteiger partial charge is 0.338 e. The Bertz CT molecular complexity index is 603. The van der Waals surface area contributed by atoms with Crippen LogP contribution >= 0.6 is 0 Å². The molecule has 0 atom stereocenters. The molecule has 3 heteroatoms. The molecule has 0 bridgehead atoms. The molecule has 2 aromatic carbocycles. The topological polar surface area (TPSA) is 46.5 Å². The number of esters is 1. The van der Waals surface area contributed by atoms with E-state index in [9.17, 15) is 4.79 Å². The van der Waals surface area contributed by atoms with Gasteiger partial charge in [0.2, 0.25) is 0 Å². The minimum Gasteiger partial charge on any atom is -0.460 e. The number of carbonyl (C=O) groups excluding carboxylic acids is 1.